The van der Waals surface area contributed by atoms with Crippen molar-refractivity contribution in [3.05, 3.63) is 29.3 Å². The summed E-state index contributed by atoms with van der Waals surface area (Å²) in [7, 11) is 0. The van der Waals surface area contributed by atoms with Crippen LogP contribution in [-0.2, 0) is 9.53 Å². The maximum atomic E-state index is 12.1. The zero-order valence-electron chi connectivity index (χ0n) is 10.8. The number of ether oxygens (including phenoxy) is 1. The molecule has 1 aromatic carbocycles. The van der Waals surface area contributed by atoms with E-state index in [4.69, 9.17) is 15.7 Å². The lowest BCUT2D eigenvalue weighted by atomic mass is 10.1. The first-order chi connectivity index (χ1) is 9.15. The van der Waals surface area contributed by atoms with Crippen molar-refractivity contribution in [3.8, 4) is 6.07 Å². The van der Waals surface area contributed by atoms with Crippen LogP contribution >= 0.6 is 0 Å². The molecule has 2 atom stereocenters. The lowest BCUT2D eigenvalue weighted by Gasteiger charge is -2.14. The van der Waals surface area contributed by atoms with E-state index >= 15 is 0 Å². The van der Waals surface area contributed by atoms with Gasteiger partial charge in [0.15, 0.2) is 0 Å². The van der Waals surface area contributed by atoms with Crippen molar-refractivity contribution < 1.29 is 9.53 Å². The molecule has 1 saturated heterocycles. The molecule has 2 rings (SSSR count). The molecule has 1 aromatic rings. The molecule has 1 aliphatic rings. The molecule has 1 heterocycles. The highest BCUT2D eigenvalue weighted by atomic mass is 16.5. The first-order valence-electron chi connectivity index (χ1n) is 6.31. The van der Waals surface area contributed by atoms with Gasteiger partial charge in [-0.1, -0.05) is 12.1 Å². The average Bonchev–Trinajstić information content (AvgIpc) is 2.88. The normalized spacial score (nSPS) is 21.9. The van der Waals surface area contributed by atoms with Gasteiger partial charge in [-0.25, -0.2) is 0 Å². The van der Waals surface area contributed by atoms with Crippen molar-refractivity contribution in [2.24, 2.45) is 5.73 Å². The number of aryl methyl sites for hydroxylation is 1. The first kappa shape index (κ1) is 13.5. The monoisotopic (exact) mass is 259 g/mol. The number of nitrogens with two attached hydrogens (primary N) is 1. The van der Waals surface area contributed by atoms with Crippen LogP contribution in [-0.4, -0.2) is 24.7 Å². The average molecular weight is 259 g/mol. The Hall–Kier alpha value is -1.90. The van der Waals surface area contributed by atoms with Gasteiger partial charge in [-0.15, -0.1) is 0 Å². The molecule has 0 radical (unpaired) electrons. The molecular weight excluding hydrogens is 242 g/mol. The predicted molar refractivity (Wildman–Crippen MR) is 71.5 cm³/mol. The Balaban J connectivity index is 2.08. The van der Waals surface area contributed by atoms with E-state index in [1.165, 1.54) is 0 Å². The number of nitrogens with one attached hydrogen (secondary N) is 1. The maximum absolute atomic E-state index is 12.1. The minimum Gasteiger partial charge on any atom is -0.364 e. The van der Waals surface area contributed by atoms with Crippen LogP contribution in [0.4, 0.5) is 5.69 Å². The second kappa shape index (κ2) is 5.83. The Labute approximate surface area is 112 Å². The van der Waals surface area contributed by atoms with Gasteiger partial charge in [0, 0.05) is 6.54 Å². The number of hydrogen-bond acceptors (Lipinski definition) is 4. The van der Waals surface area contributed by atoms with Crippen LogP contribution < -0.4 is 11.1 Å². The van der Waals surface area contributed by atoms with Crippen LogP contribution in [0.2, 0.25) is 0 Å². The number of carbonyl (C=O) groups excluding carboxylic acids is 1. The summed E-state index contributed by atoms with van der Waals surface area (Å²) in [6, 6.07) is 7.47. The predicted octanol–water partition coefficient (Wildman–Crippen LogP) is 1.31. The Morgan fingerprint density at radius 1 is 1.58 bits per heavy atom. The summed E-state index contributed by atoms with van der Waals surface area (Å²) < 4.78 is 5.53. The Morgan fingerprint density at radius 3 is 3.00 bits per heavy atom. The van der Waals surface area contributed by atoms with E-state index in [1.807, 2.05) is 19.1 Å². The number of carbonyl (C=O) groups is 1. The molecule has 0 aromatic heterocycles. The molecule has 0 saturated carbocycles. The van der Waals surface area contributed by atoms with E-state index in [0.717, 1.165) is 12.0 Å². The second-order valence-corrected chi connectivity index (χ2v) is 4.66. The zero-order valence-corrected chi connectivity index (χ0v) is 10.8. The summed E-state index contributed by atoms with van der Waals surface area (Å²) in [5.74, 6) is -0.210. The highest BCUT2D eigenvalue weighted by Gasteiger charge is 2.30. The number of hydrogen-bond donors (Lipinski definition) is 2. The lowest BCUT2D eigenvalue weighted by Crippen LogP contribution is -2.30. The SMILES string of the molecule is Cc1cccc(NC(=O)C2CCC(CN)O2)c1C#N. The van der Waals surface area contributed by atoms with Gasteiger partial charge in [-0.05, 0) is 31.4 Å². The molecule has 3 N–H and O–H groups in total. The molecule has 1 amide bonds. The van der Waals surface area contributed by atoms with Crippen molar-refractivity contribution in [2.75, 3.05) is 11.9 Å². The molecule has 0 spiro atoms. The van der Waals surface area contributed by atoms with Gasteiger partial charge in [0.1, 0.15) is 12.2 Å². The standard InChI is InChI=1S/C14H17N3O2/c1-9-3-2-4-12(11(9)8-16)17-14(18)13-6-5-10(7-15)19-13/h2-4,10,13H,5-7,15H2,1H3,(H,17,18). The number of amides is 1. The van der Waals surface area contributed by atoms with Crippen molar-refractivity contribution in [3.63, 3.8) is 0 Å². The smallest absolute Gasteiger partial charge is 0.253 e. The van der Waals surface area contributed by atoms with Crippen LogP contribution in [0, 0.1) is 18.3 Å². The Bertz CT molecular complexity index is 522. The number of anilines is 1. The largest absolute Gasteiger partial charge is 0.364 e. The summed E-state index contributed by atoms with van der Waals surface area (Å²) in [6.07, 6.45) is 0.957. The van der Waals surface area contributed by atoms with E-state index in [-0.39, 0.29) is 12.0 Å². The minimum absolute atomic E-state index is 0.0382. The van der Waals surface area contributed by atoms with Crippen LogP contribution in [0.25, 0.3) is 0 Å². The molecule has 5 heteroatoms. The fourth-order valence-corrected chi connectivity index (χ4v) is 2.21. The third-order valence-corrected chi connectivity index (χ3v) is 3.31. The molecule has 19 heavy (non-hydrogen) atoms. The second-order valence-electron chi connectivity index (χ2n) is 4.66. The van der Waals surface area contributed by atoms with Crippen LogP contribution in [0.3, 0.4) is 0 Å². The quantitative estimate of drug-likeness (QED) is 0.856. The van der Waals surface area contributed by atoms with Crippen LogP contribution in [0.1, 0.15) is 24.0 Å². The molecule has 100 valence electrons. The van der Waals surface area contributed by atoms with Crippen LogP contribution in [0.15, 0.2) is 18.2 Å². The summed E-state index contributed by atoms with van der Waals surface area (Å²) in [4.78, 5) is 12.1. The Morgan fingerprint density at radius 2 is 2.37 bits per heavy atom. The van der Waals surface area contributed by atoms with Gasteiger partial charge in [0.2, 0.25) is 0 Å². The molecule has 1 fully saturated rings. The van der Waals surface area contributed by atoms with Crippen molar-refractivity contribution >= 4 is 11.6 Å². The third kappa shape index (κ3) is 2.92. The van der Waals surface area contributed by atoms with E-state index in [9.17, 15) is 4.79 Å². The summed E-state index contributed by atoms with van der Waals surface area (Å²) >= 11 is 0. The van der Waals surface area contributed by atoms with E-state index < -0.39 is 6.10 Å². The molecule has 0 aliphatic carbocycles. The van der Waals surface area contributed by atoms with Crippen molar-refractivity contribution in [2.45, 2.75) is 32.0 Å². The Kier molecular flexibility index (Phi) is 4.15. The maximum Gasteiger partial charge on any atom is 0.253 e. The lowest BCUT2D eigenvalue weighted by molar-refractivity contribution is -0.126. The van der Waals surface area contributed by atoms with E-state index in [0.29, 0.717) is 24.2 Å². The minimum atomic E-state index is -0.472. The van der Waals surface area contributed by atoms with Gasteiger partial charge >= 0.3 is 0 Å². The fourth-order valence-electron chi connectivity index (χ4n) is 2.21. The van der Waals surface area contributed by atoms with Gasteiger partial charge in [0.05, 0.1) is 17.4 Å². The highest BCUT2D eigenvalue weighted by molar-refractivity contribution is 5.95. The highest BCUT2D eigenvalue weighted by Crippen LogP contribution is 2.23. The molecule has 5 nitrogen and oxygen atoms in total. The molecular formula is C14H17N3O2. The molecule has 0 bridgehead atoms. The van der Waals surface area contributed by atoms with Gasteiger partial charge in [0.25, 0.3) is 5.91 Å². The van der Waals surface area contributed by atoms with E-state index in [2.05, 4.69) is 11.4 Å². The summed E-state index contributed by atoms with van der Waals surface area (Å²) in [5.41, 5.74) is 7.38. The fraction of sp³-hybridized carbons (Fsp3) is 0.429. The van der Waals surface area contributed by atoms with Gasteiger partial charge < -0.3 is 15.8 Å². The first-order valence-corrected chi connectivity index (χ1v) is 6.31. The number of nitriles is 1. The number of benzene rings is 1. The summed E-state index contributed by atoms with van der Waals surface area (Å²) in [6.45, 7) is 2.27. The topological polar surface area (TPSA) is 88.1 Å². The van der Waals surface area contributed by atoms with Crippen molar-refractivity contribution in [1.29, 1.82) is 5.26 Å². The van der Waals surface area contributed by atoms with Crippen LogP contribution in [0.5, 0.6) is 0 Å². The van der Waals surface area contributed by atoms with Gasteiger partial charge in [-0.3, -0.25) is 4.79 Å². The zero-order chi connectivity index (χ0) is 13.8. The number of rotatable bonds is 3. The van der Waals surface area contributed by atoms with Crippen molar-refractivity contribution in [1.82, 2.24) is 0 Å². The van der Waals surface area contributed by atoms with Gasteiger partial charge in [-0.2, -0.15) is 5.26 Å². The third-order valence-electron chi connectivity index (χ3n) is 3.31. The summed E-state index contributed by atoms with van der Waals surface area (Å²) in [5, 5.41) is 11.9. The molecule has 2 unspecified atom stereocenters. The van der Waals surface area contributed by atoms with E-state index in [1.54, 1.807) is 6.07 Å². The number of nitrogens with zero attached hydrogens (tertiary/aromatic N) is 1. The molecule has 1 aliphatic heterocycles.